The Bertz CT molecular complexity index is 3860. The number of nitrogens with zero attached hydrogens (tertiary/aromatic N) is 1. The van der Waals surface area contributed by atoms with Gasteiger partial charge >= 0.3 is 0 Å². The summed E-state index contributed by atoms with van der Waals surface area (Å²) in [6.07, 6.45) is 0. The van der Waals surface area contributed by atoms with Crippen molar-refractivity contribution in [2.45, 2.75) is 5.41 Å². The molecule has 1 spiro atoms. The molecule has 0 fully saturated rings. The minimum absolute atomic E-state index is 0.434. The second kappa shape index (κ2) is 15.8. The number of fused-ring (bicyclic) bond motifs is 13. The summed E-state index contributed by atoms with van der Waals surface area (Å²) in [5.41, 5.74) is 23.4. The van der Waals surface area contributed by atoms with Gasteiger partial charge < -0.3 is 4.90 Å². The van der Waals surface area contributed by atoms with Crippen LogP contribution in [-0.2, 0) is 5.41 Å². The molecular formula is C67H43NS. The zero-order valence-corrected chi connectivity index (χ0v) is 38.5. The lowest BCUT2D eigenvalue weighted by atomic mass is 9.70. The third kappa shape index (κ3) is 6.09. The van der Waals surface area contributed by atoms with E-state index in [0.29, 0.717) is 0 Å². The Labute approximate surface area is 406 Å². The molecule has 0 bridgehead atoms. The summed E-state index contributed by atoms with van der Waals surface area (Å²) in [4.78, 5) is 2.42. The molecule has 12 aromatic rings. The predicted octanol–water partition coefficient (Wildman–Crippen LogP) is 18.5. The minimum Gasteiger partial charge on any atom is -0.310 e. The molecule has 11 aromatic carbocycles. The maximum atomic E-state index is 2.56. The van der Waals surface area contributed by atoms with Crippen LogP contribution < -0.4 is 4.90 Å². The van der Waals surface area contributed by atoms with Crippen LogP contribution in [0.3, 0.4) is 0 Å². The van der Waals surface area contributed by atoms with Crippen molar-refractivity contribution in [2.75, 3.05) is 4.90 Å². The van der Waals surface area contributed by atoms with Crippen molar-refractivity contribution in [2.24, 2.45) is 0 Å². The Morgan fingerprint density at radius 3 is 1.17 bits per heavy atom. The molecule has 1 heterocycles. The minimum atomic E-state index is -0.434. The van der Waals surface area contributed by atoms with Crippen molar-refractivity contribution in [3.63, 3.8) is 0 Å². The van der Waals surface area contributed by atoms with Gasteiger partial charge in [-0.25, -0.2) is 0 Å². The van der Waals surface area contributed by atoms with Crippen molar-refractivity contribution < 1.29 is 0 Å². The zero-order valence-electron chi connectivity index (χ0n) is 37.7. The highest BCUT2D eigenvalue weighted by atomic mass is 32.1. The Morgan fingerprint density at radius 1 is 0.275 bits per heavy atom. The van der Waals surface area contributed by atoms with E-state index in [1.54, 1.807) is 0 Å². The Balaban J connectivity index is 0.972. The molecule has 14 rings (SSSR count). The number of thiophene rings is 1. The van der Waals surface area contributed by atoms with Gasteiger partial charge in [0.15, 0.2) is 0 Å². The summed E-state index contributed by atoms with van der Waals surface area (Å²) in [5, 5.41) is 2.57. The van der Waals surface area contributed by atoms with E-state index in [4.69, 9.17) is 0 Å². The van der Waals surface area contributed by atoms with Crippen LogP contribution >= 0.6 is 11.3 Å². The highest BCUT2D eigenvalue weighted by molar-refractivity contribution is 7.26. The summed E-state index contributed by atoms with van der Waals surface area (Å²) in [6.45, 7) is 0. The van der Waals surface area contributed by atoms with E-state index >= 15 is 0 Å². The number of hydrogen-bond donors (Lipinski definition) is 0. The first kappa shape index (κ1) is 39.6. The third-order valence-corrected chi connectivity index (χ3v) is 15.8. The summed E-state index contributed by atoms with van der Waals surface area (Å²) in [6, 6.07) is 96.5. The largest absolute Gasteiger partial charge is 0.310 e. The number of anilines is 3. The number of benzene rings is 11. The fraction of sp³-hybridized carbons (Fsp3) is 0.0149. The van der Waals surface area contributed by atoms with Crippen LogP contribution in [-0.4, -0.2) is 0 Å². The van der Waals surface area contributed by atoms with Gasteiger partial charge in [-0.05, 0) is 138 Å². The lowest BCUT2D eigenvalue weighted by Crippen LogP contribution is -2.25. The third-order valence-electron chi connectivity index (χ3n) is 14.7. The van der Waals surface area contributed by atoms with E-state index in [0.717, 1.165) is 17.1 Å². The van der Waals surface area contributed by atoms with Gasteiger partial charge in [0.25, 0.3) is 0 Å². The lowest BCUT2D eigenvalue weighted by molar-refractivity contribution is 0.795. The van der Waals surface area contributed by atoms with Crippen LogP contribution in [0.4, 0.5) is 17.1 Å². The molecule has 0 amide bonds. The van der Waals surface area contributed by atoms with E-state index in [9.17, 15) is 0 Å². The van der Waals surface area contributed by atoms with Gasteiger partial charge in [-0.2, -0.15) is 0 Å². The first-order chi connectivity index (χ1) is 34.2. The fourth-order valence-electron chi connectivity index (χ4n) is 11.7. The van der Waals surface area contributed by atoms with E-state index in [2.05, 4.69) is 266 Å². The van der Waals surface area contributed by atoms with Crippen LogP contribution in [0, 0.1) is 0 Å². The van der Waals surface area contributed by atoms with E-state index in [1.807, 2.05) is 11.3 Å². The van der Waals surface area contributed by atoms with Crippen molar-refractivity contribution in [1.29, 1.82) is 0 Å². The molecule has 2 heteroatoms. The van der Waals surface area contributed by atoms with Gasteiger partial charge in [0.2, 0.25) is 0 Å². The van der Waals surface area contributed by atoms with Crippen LogP contribution in [0.5, 0.6) is 0 Å². The number of rotatable bonds is 7. The fourth-order valence-corrected chi connectivity index (χ4v) is 12.8. The lowest BCUT2D eigenvalue weighted by Gasteiger charge is -2.30. The van der Waals surface area contributed by atoms with Crippen LogP contribution in [0.1, 0.15) is 22.3 Å². The highest BCUT2D eigenvalue weighted by Crippen LogP contribution is 2.65. The van der Waals surface area contributed by atoms with E-state index in [1.165, 1.54) is 109 Å². The molecule has 69 heavy (non-hydrogen) atoms. The van der Waals surface area contributed by atoms with Crippen molar-refractivity contribution >= 4 is 48.6 Å². The Hall–Kier alpha value is -8.56. The predicted molar refractivity (Wildman–Crippen MR) is 292 cm³/mol. The molecule has 0 radical (unpaired) electrons. The molecule has 0 aliphatic heterocycles. The summed E-state index contributed by atoms with van der Waals surface area (Å²) < 4.78 is 2.58. The quantitative estimate of drug-likeness (QED) is 0.154. The van der Waals surface area contributed by atoms with Crippen molar-refractivity contribution in [3.05, 3.63) is 283 Å². The average molecular weight is 894 g/mol. The van der Waals surface area contributed by atoms with E-state index in [-0.39, 0.29) is 0 Å². The SMILES string of the molecule is c1ccc(-c2ccc(-c3ccc(N(c4ccc(-c5ccccc5)cc4)c4ccc5sc6cc7c(c(-c8ccccc8)c6c5c4)-c4ccccc4C74c5ccccc5-c5ccccc54)cc3)cc2)cc1. The maximum absolute atomic E-state index is 2.56. The van der Waals surface area contributed by atoms with Gasteiger partial charge in [0.1, 0.15) is 0 Å². The molecule has 1 nitrogen and oxygen atoms in total. The van der Waals surface area contributed by atoms with Gasteiger partial charge in [-0.1, -0.05) is 212 Å². The number of hydrogen-bond acceptors (Lipinski definition) is 2. The van der Waals surface area contributed by atoms with E-state index < -0.39 is 5.41 Å². The van der Waals surface area contributed by atoms with Gasteiger partial charge in [0, 0.05) is 37.2 Å². The molecule has 0 unspecified atom stereocenters. The summed E-state index contributed by atoms with van der Waals surface area (Å²) in [7, 11) is 0. The highest BCUT2D eigenvalue weighted by Gasteiger charge is 2.52. The molecule has 0 saturated carbocycles. The maximum Gasteiger partial charge on any atom is 0.0726 e. The van der Waals surface area contributed by atoms with Crippen molar-refractivity contribution in [3.8, 4) is 66.8 Å². The molecule has 322 valence electrons. The Kier molecular flexibility index (Phi) is 9.05. The van der Waals surface area contributed by atoms with Crippen molar-refractivity contribution in [1.82, 2.24) is 0 Å². The van der Waals surface area contributed by atoms with Crippen LogP contribution in [0.2, 0.25) is 0 Å². The van der Waals surface area contributed by atoms with Gasteiger partial charge in [-0.15, -0.1) is 11.3 Å². The molecule has 2 aliphatic rings. The normalized spacial score (nSPS) is 12.8. The molecule has 0 saturated heterocycles. The van der Waals surface area contributed by atoms with Gasteiger partial charge in [0.05, 0.1) is 5.41 Å². The van der Waals surface area contributed by atoms with Gasteiger partial charge in [-0.3, -0.25) is 0 Å². The second-order valence-corrected chi connectivity index (χ2v) is 19.4. The zero-order chi connectivity index (χ0) is 45.5. The molecular weight excluding hydrogens is 851 g/mol. The first-order valence-corrected chi connectivity index (χ1v) is 24.6. The molecule has 1 aromatic heterocycles. The summed E-state index contributed by atoms with van der Waals surface area (Å²) in [5.74, 6) is 0. The molecule has 0 atom stereocenters. The first-order valence-electron chi connectivity index (χ1n) is 23.8. The Morgan fingerprint density at radius 2 is 0.667 bits per heavy atom. The molecule has 0 N–H and O–H groups in total. The average Bonchev–Trinajstić information content (AvgIpc) is 4.05. The monoisotopic (exact) mass is 893 g/mol. The van der Waals surface area contributed by atoms with Crippen LogP contribution in [0.25, 0.3) is 86.9 Å². The second-order valence-electron chi connectivity index (χ2n) is 18.3. The smallest absolute Gasteiger partial charge is 0.0726 e. The van der Waals surface area contributed by atoms with Crippen LogP contribution in [0.15, 0.2) is 261 Å². The topological polar surface area (TPSA) is 3.24 Å². The summed E-state index contributed by atoms with van der Waals surface area (Å²) >= 11 is 1.91. The standard InChI is InChI=1S/C67H43NS/c1-4-16-44(17-5-1)46-28-30-47(31-29-46)49-34-38-52(39-35-49)68(51-36-32-48(33-37-51)45-18-6-2-7-19-45)53-40-41-62-57(42-53)66-63(69-62)43-61-65(64(66)50-20-8-3-9-21-50)56-24-12-15-27-60(56)67(61)58-25-13-10-22-54(58)55-23-11-14-26-59(55)67/h1-43H. The molecule has 2 aliphatic carbocycles.